The van der Waals surface area contributed by atoms with E-state index in [4.69, 9.17) is 4.74 Å². The van der Waals surface area contributed by atoms with E-state index in [-0.39, 0.29) is 17.9 Å². The number of likely N-dealkylation sites (tertiary alicyclic amines) is 1. The summed E-state index contributed by atoms with van der Waals surface area (Å²) in [5.41, 5.74) is 3.73. The van der Waals surface area contributed by atoms with E-state index in [1.54, 1.807) is 30.5 Å². The second-order valence-corrected chi connectivity index (χ2v) is 9.06. The van der Waals surface area contributed by atoms with Crippen LogP contribution in [0.25, 0.3) is 5.76 Å². The van der Waals surface area contributed by atoms with Crippen LogP contribution in [-0.4, -0.2) is 47.4 Å². The summed E-state index contributed by atoms with van der Waals surface area (Å²) in [4.78, 5) is 34.3. The smallest absolute Gasteiger partial charge is 0.296 e. The molecule has 7 heteroatoms. The third kappa shape index (κ3) is 4.96. The largest absolute Gasteiger partial charge is 0.507 e. The van der Waals surface area contributed by atoms with Crippen LogP contribution in [0.3, 0.4) is 0 Å². The van der Waals surface area contributed by atoms with Gasteiger partial charge >= 0.3 is 0 Å². The van der Waals surface area contributed by atoms with E-state index in [1.807, 2.05) is 69.2 Å². The second kappa shape index (κ2) is 10.6. The van der Waals surface area contributed by atoms with Crippen LogP contribution in [0.5, 0.6) is 5.75 Å². The number of ether oxygens (including phenoxy) is 1. The molecule has 0 spiro atoms. The Hall–Kier alpha value is -4.13. The Morgan fingerprint density at radius 2 is 1.83 bits per heavy atom. The molecular formula is C29H31N3O4. The molecule has 1 saturated heterocycles. The Morgan fingerprint density at radius 3 is 2.44 bits per heavy atom. The quantitative estimate of drug-likeness (QED) is 0.279. The highest BCUT2D eigenvalue weighted by atomic mass is 16.5. The molecule has 0 bridgehead atoms. The molecule has 1 atom stereocenters. The molecule has 2 aromatic carbocycles. The lowest BCUT2D eigenvalue weighted by molar-refractivity contribution is -0.140. The summed E-state index contributed by atoms with van der Waals surface area (Å²) < 4.78 is 5.75. The van der Waals surface area contributed by atoms with E-state index in [0.29, 0.717) is 17.9 Å². The van der Waals surface area contributed by atoms with Crippen LogP contribution >= 0.6 is 0 Å². The van der Waals surface area contributed by atoms with E-state index in [1.165, 1.54) is 4.90 Å². The van der Waals surface area contributed by atoms with Gasteiger partial charge in [-0.1, -0.05) is 25.1 Å². The lowest BCUT2D eigenvalue weighted by Gasteiger charge is -2.25. The third-order valence-corrected chi connectivity index (χ3v) is 6.23. The number of rotatable bonds is 8. The minimum absolute atomic E-state index is 0.0650. The number of hydrogen-bond acceptors (Lipinski definition) is 6. The summed E-state index contributed by atoms with van der Waals surface area (Å²) >= 11 is 0. The zero-order chi connectivity index (χ0) is 25.8. The van der Waals surface area contributed by atoms with Gasteiger partial charge in [0.2, 0.25) is 0 Å². The van der Waals surface area contributed by atoms with Crippen molar-refractivity contribution in [2.45, 2.75) is 32.9 Å². The van der Waals surface area contributed by atoms with Crippen LogP contribution in [0.2, 0.25) is 0 Å². The molecule has 1 N–H and O–H groups in total. The van der Waals surface area contributed by atoms with E-state index in [0.717, 1.165) is 29.0 Å². The van der Waals surface area contributed by atoms with Gasteiger partial charge in [0.15, 0.2) is 0 Å². The fourth-order valence-electron chi connectivity index (χ4n) is 4.34. The van der Waals surface area contributed by atoms with Gasteiger partial charge in [0.05, 0.1) is 30.5 Å². The number of anilines is 1. The molecule has 0 saturated carbocycles. The molecule has 186 valence electrons. The van der Waals surface area contributed by atoms with Crippen molar-refractivity contribution in [1.29, 1.82) is 0 Å². The first-order valence-electron chi connectivity index (χ1n) is 12.0. The van der Waals surface area contributed by atoms with E-state index in [2.05, 4.69) is 4.98 Å². The van der Waals surface area contributed by atoms with Gasteiger partial charge in [-0.2, -0.15) is 0 Å². The second-order valence-electron chi connectivity index (χ2n) is 9.06. The van der Waals surface area contributed by atoms with Crippen LogP contribution in [0.15, 0.2) is 72.4 Å². The minimum atomic E-state index is -0.750. The highest BCUT2D eigenvalue weighted by Gasteiger charge is 2.46. The van der Waals surface area contributed by atoms with Crippen molar-refractivity contribution in [3.63, 3.8) is 0 Å². The zero-order valence-electron chi connectivity index (χ0n) is 21.1. The first-order valence-corrected chi connectivity index (χ1v) is 12.0. The zero-order valence-corrected chi connectivity index (χ0v) is 21.1. The number of Topliss-reactive ketones (excluding diaryl/α,β-unsaturated/α-hetero) is 1. The maximum absolute atomic E-state index is 13.3. The van der Waals surface area contributed by atoms with Crippen molar-refractivity contribution in [2.75, 3.05) is 25.6 Å². The summed E-state index contributed by atoms with van der Waals surface area (Å²) in [5, 5.41) is 11.4. The summed E-state index contributed by atoms with van der Waals surface area (Å²) in [6.45, 7) is 4.66. The molecule has 1 aliphatic heterocycles. The van der Waals surface area contributed by atoms with E-state index in [9.17, 15) is 14.7 Å². The number of aliphatic hydroxyl groups is 1. The van der Waals surface area contributed by atoms with Crippen molar-refractivity contribution < 1.29 is 19.4 Å². The molecule has 0 radical (unpaired) electrons. The summed E-state index contributed by atoms with van der Waals surface area (Å²) in [6, 6.07) is 17.6. The number of nitrogens with zero attached hydrogens (tertiary/aromatic N) is 3. The minimum Gasteiger partial charge on any atom is -0.507 e. The SMILES string of the molecule is CCCOc1ccc(/C(O)=C2/C(=O)C(=O)N(Cc3ccccn3)C2c2ccc(N(C)C)cc2)cc1C. The van der Waals surface area contributed by atoms with Gasteiger partial charge in [0.25, 0.3) is 11.7 Å². The van der Waals surface area contributed by atoms with Crippen LogP contribution in [-0.2, 0) is 16.1 Å². The number of hydrogen-bond donors (Lipinski definition) is 1. The molecule has 7 nitrogen and oxygen atoms in total. The number of ketones is 1. The molecule has 36 heavy (non-hydrogen) atoms. The van der Waals surface area contributed by atoms with Crippen LogP contribution in [0, 0.1) is 6.92 Å². The highest BCUT2D eigenvalue weighted by molar-refractivity contribution is 6.46. The predicted molar refractivity (Wildman–Crippen MR) is 140 cm³/mol. The first kappa shape index (κ1) is 25.0. The predicted octanol–water partition coefficient (Wildman–Crippen LogP) is 4.87. The molecule has 2 heterocycles. The average molecular weight is 486 g/mol. The Morgan fingerprint density at radius 1 is 1.08 bits per heavy atom. The number of benzene rings is 2. The number of carbonyl (C=O) groups is 2. The van der Waals surface area contributed by atoms with Crippen molar-refractivity contribution in [1.82, 2.24) is 9.88 Å². The van der Waals surface area contributed by atoms with Crippen molar-refractivity contribution in [2.24, 2.45) is 0 Å². The Kier molecular flexibility index (Phi) is 7.38. The maximum atomic E-state index is 13.3. The van der Waals surface area contributed by atoms with Gasteiger partial charge in [-0.05, 0) is 66.9 Å². The summed E-state index contributed by atoms with van der Waals surface area (Å²) in [5.74, 6) is -0.860. The summed E-state index contributed by atoms with van der Waals surface area (Å²) in [6.07, 6.45) is 2.53. The topological polar surface area (TPSA) is 83.0 Å². The molecule has 0 aliphatic carbocycles. The van der Waals surface area contributed by atoms with Crippen molar-refractivity contribution in [3.05, 3.63) is 94.8 Å². The Labute approximate surface area is 211 Å². The first-order chi connectivity index (χ1) is 17.3. The highest BCUT2D eigenvalue weighted by Crippen LogP contribution is 2.41. The van der Waals surface area contributed by atoms with Gasteiger partial charge in [-0.25, -0.2) is 0 Å². The molecular weight excluding hydrogens is 454 g/mol. The molecule has 1 aromatic heterocycles. The van der Waals surface area contributed by atoms with Gasteiger partial charge in [-0.15, -0.1) is 0 Å². The van der Waals surface area contributed by atoms with Crippen molar-refractivity contribution in [3.8, 4) is 5.75 Å². The van der Waals surface area contributed by atoms with E-state index >= 15 is 0 Å². The van der Waals surface area contributed by atoms with E-state index < -0.39 is 17.7 Å². The lowest BCUT2D eigenvalue weighted by atomic mass is 9.94. The Balaban J connectivity index is 1.81. The number of carbonyl (C=O) groups excluding carboxylic acids is 2. The van der Waals surface area contributed by atoms with Crippen molar-refractivity contribution >= 4 is 23.1 Å². The van der Waals surface area contributed by atoms with Crippen LogP contribution in [0.4, 0.5) is 5.69 Å². The fraction of sp³-hybridized carbons (Fsp3) is 0.276. The maximum Gasteiger partial charge on any atom is 0.296 e. The van der Waals surface area contributed by atoms with Gasteiger partial charge in [-0.3, -0.25) is 14.6 Å². The normalized spacial score (nSPS) is 16.9. The number of amides is 1. The fourth-order valence-corrected chi connectivity index (χ4v) is 4.34. The molecule has 4 rings (SSSR count). The average Bonchev–Trinajstić information content (AvgIpc) is 3.13. The van der Waals surface area contributed by atoms with Gasteiger partial charge < -0.3 is 19.6 Å². The van der Waals surface area contributed by atoms with Crippen LogP contribution in [0.1, 0.15) is 41.8 Å². The standard InChI is InChI=1S/C29H31N3O4/c1-5-16-36-24-14-11-21(17-19(24)2)27(33)25-26(20-9-12-23(13-10-20)31(3)4)32(29(35)28(25)34)18-22-8-6-7-15-30-22/h6-15,17,26,33H,5,16,18H2,1-4H3/b27-25-. The molecule has 1 aliphatic rings. The number of aliphatic hydroxyl groups excluding tert-OH is 1. The summed E-state index contributed by atoms with van der Waals surface area (Å²) in [7, 11) is 3.89. The molecule has 3 aromatic rings. The number of pyridine rings is 1. The monoisotopic (exact) mass is 485 g/mol. The number of aryl methyl sites for hydroxylation is 1. The number of aromatic nitrogens is 1. The molecule has 1 amide bonds. The molecule has 1 fully saturated rings. The lowest BCUT2D eigenvalue weighted by Crippen LogP contribution is -2.29. The van der Waals surface area contributed by atoms with Crippen LogP contribution < -0.4 is 9.64 Å². The third-order valence-electron chi connectivity index (χ3n) is 6.23. The molecule has 1 unspecified atom stereocenters. The van der Waals surface area contributed by atoms with Gasteiger partial charge in [0.1, 0.15) is 11.5 Å². The Bertz CT molecular complexity index is 1280. The van der Waals surface area contributed by atoms with Gasteiger partial charge in [0, 0.05) is 31.5 Å².